The van der Waals surface area contributed by atoms with Crippen molar-refractivity contribution in [3.8, 4) is 5.75 Å². The van der Waals surface area contributed by atoms with Gasteiger partial charge < -0.3 is 20.1 Å². The van der Waals surface area contributed by atoms with Gasteiger partial charge in [-0.15, -0.1) is 0 Å². The van der Waals surface area contributed by atoms with Gasteiger partial charge in [0, 0.05) is 12.2 Å². The molecule has 2 rings (SSSR count). The number of fused-ring (bicyclic) bond motifs is 1. The van der Waals surface area contributed by atoms with Crippen LogP contribution in [0.3, 0.4) is 0 Å². The molecule has 2 aromatic rings. The number of ketones is 1. The normalized spacial score (nSPS) is 9.87. The lowest BCUT2D eigenvalue weighted by Gasteiger charge is -2.09. The lowest BCUT2D eigenvalue weighted by molar-refractivity contribution is -0.139. The molecule has 0 saturated carbocycles. The Morgan fingerprint density at radius 3 is 2.19 bits per heavy atom. The van der Waals surface area contributed by atoms with Gasteiger partial charge >= 0.3 is 5.97 Å². The number of carboxylic acids is 1. The SMILES string of the molecule is CC.CCC.CCCCCCn1c(C)c(C(=O)C(N)=O)c2c(OCC(=O)O)cccc21. The van der Waals surface area contributed by atoms with Crippen molar-refractivity contribution in [1.29, 1.82) is 0 Å². The molecule has 3 N–H and O–H groups in total. The number of carbonyl (C=O) groups excluding carboxylic acids is 2. The summed E-state index contributed by atoms with van der Waals surface area (Å²) in [6.07, 6.45) is 5.48. The molecule has 0 radical (unpaired) electrons. The molecule has 7 heteroatoms. The maximum atomic E-state index is 12.4. The molecule has 0 aliphatic rings. The second-order valence-corrected chi connectivity index (χ2v) is 6.91. The van der Waals surface area contributed by atoms with E-state index in [-0.39, 0.29) is 11.3 Å². The molecule has 0 spiro atoms. The Labute approximate surface area is 185 Å². The zero-order valence-corrected chi connectivity index (χ0v) is 19.8. The van der Waals surface area contributed by atoms with Crippen molar-refractivity contribution < 1.29 is 24.2 Å². The number of nitrogens with two attached hydrogens (primary N) is 1. The fourth-order valence-electron chi connectivity index (χ4n) is 3.14. The summed E-state index contributed by atoms with van der Waals surface area (Å²) in [6, 6.07) is 5.15. The highest BCUT2D eigenvalue weighted by molar-refractivity contribution is 6.45. The number of hydrogen-bond acceptors (Lipinski definition) is 4. The molecule has 1 heterocycles. The van der Waals surface area contributed by atoms with Crippen LogP contribution in [0.4, 0.5) is 0 Å². The number of aryl methyl sites for hydroxylation is 1. The van der Waals surface area contributed by atoms with Crippen LogP contribution in [0.5, 0.6) is 5.75 Å². The first-order chi connectivity index (χ1) is 14.8. The minimum absolute atomic E-state index is 0.184. The molecule has 0 aliphatic heterocycles. The van der Waals surface area contributed by atoms with E-state index in [9.17, 15) is 14.4 Å². The van der Waals surface area contributed by atoms with Crippen molar-refractivity contribution in [2.24, 2.45) is 5.73 Å². The van der Waals surface area contributed by atoms with E-state index in [4.69, 9.17) is 15.6 Å². The number of unbranched alkanes of at least 4 members (excludes halogenated alkanes) is 3. The summed E-state index contributed by atoms with van der Waals surface area (Å²) in [5, 5.41) is 9.30. The summed E-state index contributed by atoms with van der Waals surface area (Å²) in [5.74, 6) is -2.72. The number of hydrogen-bond donors (Lipinski definition) is 2. The van der Waals surface area contributed by atoms with E-state index < -0.39 is 24.3 Å². The van der Waals surface area contributed by atoms with Gasteiger partial charge in [0.25, 0.3) is 11.7 Å². The standard InChI is InChI=1S/C19H24N2O5.C3H8.C2H6/c1-3-4-5-6-10-21-12(2)16(18(24)19(20)25)17-13(21)8-7-9-14(17)26-11-15(22)23;1-3-2;1-2/h7-9H,3-6,10-11H2,1-2H3,(H2,20,25)(H,22,23);3H2,1-2H3;1-2H3. The molecule has 0 bridgehead atoms. The fraction of sp³-hybridized carbons (Fsp3) is 0.542. The van der Waals surface area contributed by atoms with Crippen LogP contribution in [-0.4, -0.2) is 33.9 Å². The van der Waals surface area contributed by atoms with Crippen LogP contribution in [0.1, 0.15) is 82.8 Å². The number of carboxylic acid groups (broad SMARTS) is 1. The minimum atomic E-state index is -1.12. The van der Waals surface area contributed by atoms with Crippen LogP contribution in [0, 0.1) is 6.92 Å². The summed E-state index contributed by atoms with van der Waals surface area (Å²) >= 11 is 0. The van der Waals surface area contributed by atoms with Crippen molar-refractivity contribution in [2.75, 3.05) is 6.61 Å². The second kappa shape index (κ2) is 15.0. The number of ether oxygens (including phenoxy) is 1. The van der Waals surface area contributed by atoms with Gasteiger partial charge in [-0.1, -0.05) is 66.4 Å². The van der Waals surface area contributed by atoms with Crippen LogP contribution < -0.4 is 10.5 Å². The van der Waals surface area contributed by atoms with Crippen molar-refractivity contribution in [3.05, 3.63) is 29.5 Å². The van der Waals surface area contributed by atoms with Gasteiger partial charge in [0.05, 0.1) is 16.5 Å². The summed E-state index contributed by atoms with van der Waals surface area (Å²) in [7, 11) is 0. The van der Waals surface area contributed by atoms with E-state index >= 15 is 0 Å². The predicted octanol–water partition coefficient (Wildman–Crippen LogP) is 5.10. The van der Waals surface area contributed by atoms with Gasteiger partial charge in [0.1, 0.15) is 5.75 Å². The van der Waals surface area contributed by atoms with Crippen LogP contribution in [0.25, 0.3) is 10.9 Å². The minimum Gasteiger partial charge on any atom is -0.481 e. The average Bonchev–Trinajstić information content (AvgIpc) is 3.03. The van der Waals surface area contributed by atoms with Crippen molar-refractivity contribution in [3.63, 3.8) is 0 Å². The Morgan fingerprint density at radius 2 is 1.68 bits per heavy atom. The molecule has 1 amide bonds. The fourth-order valence-corrected chi connectivity index (χ4v) is 3.14. The molecule has 0 atom stereocenters. The monoisotopic (exact) mass is 434 g/mol. The molecule has 0 fully saturated rings. The van der Waals surface area contributed by atoms with Crippen molar-refractivity contribution >= 4 is 28.6 Å². The molecule has 31 heavy (non-hydrogen) atoms. The predicted molar refractivity (Wildman–Crippen MR) is 125 cm³/mol. The number of primary amides is 1. The Balaban J connectivity index is 0.00000165. The summed E-state index contributed by atoms with van der Waals surface area (Å²) < 4.78 is 7.31. The van der Waals surface area contributed by atoms with E-state index in [1.54, 1.807) is 19.1 Å². The second-order valence-electron chi connectivity index (χ2n) is 6.91. The summed E-state index contributed by atoms with van der Waals surface area (Å²) in [5.41, 5.74) is 6.76. The Bertz CT molecular complexity index is 855. The van der Waals surface area contributed by atoms with Crippen LogP contribution in [0.15, 0.2) is 18.2 Å². The van der Waals surface area contributed by atoms with E-state index in [0.29, 0.717) is 17.6 Å². The molecular weight excluding hydrogens is 396 g/mol. The van der Waals surface area contributed by atoms with Gasteiger partial charge in [0.2, 0.25) is 0 Å². The topological polar surface area (TPSA) is 112 Å². The number of benzene rings is 1. The third-order valence-corrected chi connectivity index (χ3v) is 4.35. The number of carbonyl (C=O) groups is 3. The Hall–Kier alpha value is -2.83. The van der Waals surface area contributed by atoms with Crippen LogP contribution >= 0.6 is 0 Å². The van der Waals surface area contributed by atoms with E-state index in [1.165, 1.54) is 6.42 Å². The highest BCUT2D eigenvalue weighted by Gasteiger charge is 2.26. The average molecular weight is 435 g/mol. The third-order valence-electron chi connectivity index (χ3n) is 4.35. The van der Waals surface area contributed by atoms with Crippen LogP contribution in [-0.2, 0) is 16.1 Å². The van der Waals surface area contributed by atoms with Crippen molar-refractivity contribution in [2.45, 2.75) is 80.2 Å². The molecule has 1 aromatic heterocycles. The van der Waals surface area contributed by atoms with Gasteiger partial charge in [0.15, 0.2) is 6.61 Å². The lowest BCUT2D eigenvalue weighted by atomic mass is 10.1. The quantitative estimate of drug-likeness (QED) is 0.307. The van der Waals surface area contributed by atoms with E-state index in [1.807, 2.05) is 24.5 Å². The first kappa shape index (κ1) is 28.2. The van der Waals surface area contributed by atoms with Gasteiger partial charge in [-0.25, -0.2) is 4.79 Å². The molecule has 0 aliphatic carbocycles. The number of aromatic nitrogens is 1. The van der Waals surface area contributed by atoms with Crippen molar-refractivity contribution in [1.82, 2.24) is 4.57 Å². The highest BCUT2D eigenvalue weighted by Crippen LogP contribution is 2.34. The van der Waals surface area contributed by atoms with E-state index in [0.717, 1.165) is 31.2 Å². The molecule has 7 nitrogen and oxygen atoms in total. The molecule has 174 valence electrons. The molecule has 0 unspecified atom stereocenters. The smallest absolute Gasteiger partial charge is 0.341 e. The third kappa shape index (κ3) is 8.07. The van der Waals surface area contributed by atoms with E-state index in [2.05, 4.69) is 20.8 Å². The number of Topliss-reactive ketones (excluding diaryl/α,β-unsaturated/α-hetero) is 1. The molecular formula is C24H38N2O5. The first-order valence-corrected chi connectivity index (χ1v) is 11.1. The summed E-state index contributed by atoms with van der Waals surface area (Å²) in [6.45, 7) is 12.3. The Kier molecular flexibility index (Phi) is 13.7. The highest BCUT2D eigenvalue weighted by atomic mass is 16.5. The zero-order chi connectivity index (χ0) is 24.0. The number of aliphatic carboxylic acids is 1. The number of rotatable bonds is 10. The maximum absolute atomic E-state index is 12.4. The van der Waals surface area contributed by atoms with Gasteiger partial charge in [-0.2, -0.15) is 0 Å². The van der Waals surface area contributed by atoms with Gasteiger partial charge in [-0.05, 0) is 25.5 Å². The number of amides is 1. The van der Waals surface area contributed by atoms with Gasteiger partial charge in [-0.3, -0.25) is 9.59 Å². The first-order valence-electron chi connectivity index (χ1n) is 11.1. The molecule has 1 aromatic carbocycles. The molecule has 0 saturated heterocycles. The van der Waals surface area contributed by atoms with Crippen LogP contribution in [0.2, 0.25) is 0 Å². The number of nitrogens with zero attached hydrogens (tertiary/aromatic N) is 1. The summed E-state index contributed by atoms with van der Waals surface area (Å²) in [4.78, 5) is 34.7. The maximum Gasteiger partial charge on any atom is 0.341 e. The Morgan fingerprint density at radius 1 is 1.06 bits per heavy atom. The largest absolute Gasteiger partial charge is 0.481 e. The zero-order valence-electron chi connectivity index (χ0n) is 19.8. The lowest BCUT2D eigenvalue weighted by Crippen LogP contribution is -2.24.